The topological polar surface area (TPSA) is 29.3 Å². The van der Waals surface area contributed by atoms with Crippen molar-refractivity contribution in [1.29, 1.82) is 0 Å². The third kappa shape index (κ3) is 5.54. The highest BCUT2D eigenvalue weighted by Crippen LogP contribution is 2.16. The van der Waals surface area contributed by atoms with Crippen molar-refractivity contribution in [3.63, 3.8) is 0 Å². The molecule has 0 bridgehead atoms. The maximum absolute atomic E-state index is 5.49. The average molecular weight is 248 g/mol. The zero-order valence-corrected chi connectivity index (χ0v) is 12.0. The van der Waals surface area contributed by atoms with Gasteiger partial charge in [-0.15, -0.1) is 0 Å². The van der Waals surface area contributed by atoms with Crippen LogP contribution in [0.4, 0.5) is 5.69 Å². The van der Waals surface area contributed by atoms with E-state index in [9.17, 15) is 0 Å². The predicted octanol–water partition coefficient (Wildman–Crippen LogP) is 3.73. The second-order valence-corrected chi connectivity index (χ2v) is 4.97. The molecule has 0 fully saturated rings. The smallest absolute Gasteiger partial charge is 0.0366 e. The Balaban J connectivity index is 2.27. The number of aryl methyl sites for hydroxylation is 1. The van der Waals surface area contributed by atoms with Crippen molar-refractivity contribution < 1.29 is 0 Å². The highest BCUT2D eigenvalue weighted by atomic mass is 15.1. The van der Waals surface area contributed by atoms with Gasteiger partial charge in [-0.2, -0.15) is 0 Å². The van der Waals surface area contributed by atoms with E-state index in [2.05, 4.69) is 43.0 Å². The first-order chi connectivity index (χ1) is 8.77. The van der Waals surface area contributed by atoms with Crippen molar-refractivity contribution in [3.8, 4) is 0 Å². The van der Waals surface area contributed by atoms with E-state index in [1.165, 1.54) is 49.9 Å². The van der Waals surface area contributed by atoms with Gasteiger partial charge in [-0.1, -0.05) is 37.0 Å². The summed E-state index contributed by atoms with van der Waals surface area (Å²) in [5, 5.41) is 0. The number of benzene rings is 1. The quantitative estimate of drug-likeness (QED) is 0.675. The Hall–Kier alpha value is -1.02. The number of nitrogens with two attached hydrogens (primary N) is 1. The highest BCUT2D eigenvalue weighted by Gasteiger charge is 2.03. The zero-order chi connectivity index (χ0) is 13.2. The molecule has 0 saturated heterocycles. The van der Waals surface area contributed by atoms with E-state index in [-0.39, 0.29) is 0 Å². The number of hydrogen-bond donors (Lipinski definition) is 1. The number of unbranched alkanes of at least 4 members (excludes halogenated alkanes) is 4. The maximum atomic E-state index is 5.49. The molecule has 2 N–H and O–H groups in total. The van der Waals surface area contributed by atoms with Crippen LogP contribution < -0.4 is 10.6 Å². The van der Waals surface area contributed by atoms with E-state index in [1.807, 2.05) is 0 Å². The van der Waals surface area contributed by atoms with Gasteiger partial charge in [-0.05, 0) is 45.4 Å². The first-order valence-electron chi connectivity index (χ1n) is 7.29. The van der Waals surface area contributed by atoms with E-state index in [1.54, 1.807) is 0 Å². The minimum Gasteiger partial charge on any atom is -0.372 e. The van der Waals surface area contributed by atoms with Gasteiger partial charge in [0.15, 0.2) is 0 Å². The van der Waals surface area contributed by atoms with Crippen LogP contribution >= 0.6 is 0 Å². The standard InChI is InChI=1S/C16H28N2/c1-3-18(14-8-6-4-5-7-13-17)16-11-9-15(2)10-12-16/h9-12H,3-8,13-14,17H2,1-2H3. The molecule has 0 heterocycles. The van der Waals surface area contributed by atoms with Crippen LogP contribution in [0.2, 0.25) is 0 Å². The first-order valence-corrected chi connectivity index (χ1v) is 7.29. The van der Waals surface area contributed by atoms with Gasteiger partial charge in [0.25, 0.3) is 0 Å². The molecule has 2 nitrogen and oxygen atoms in total. The minimum absolute atomic E-state index is 0.838. The fraction of sp³-hybridized carbons (Fsp3) is 0.625. The summed E-state index contributed by atoms with van der Waals surface area (Å²) in [4.78, 5) is 2.46. The summed E-state index contributed by atoms with van der Waals surface area (Å²) in [6.07, 6.45) is 6.39. The molecule has 0 spiro atoms. The molecule has 0 radical (unpaired) electrons. The van der Waals surface area contributed by atoms with Gasteiger partial charge in [0.2, 0.25) is 0 Å². The van der Waals surface area contributed by atoms with Crippen LogP contribution in [-0.2, 0) is 0 Å². The number of hydrogen-bond acceptors (Lipinski definition) is 2. The van der Waals surface area contributed by atoms with Crippen LogP contribution in [0.25, 0.3) is 0 Å². The maximum Gasteiger partial charge on any atom is 0.0366 e. The lowest BCUT2D eigenvalue weighted by atomic mass is 10.1. The van der Waals surface area contributed by atoms with Crippen LogP contribution in [0, 0.1) is 6.92 Å². The van der Waals surface area contributed by atoms with Gasteiger partial charge >= 0.3 is 0 Å². The van der Waals surface area contributed by atoms with Crippen LogP contribution in [-0.4, -0.2) is 19.6 Å². The number of nitrogens with zero attached hydrogens (tertiary/aromatic N) is 1. The van der Waals surface area contributed by atoms with Crippen LogP contribution in [0.1, 0.15) is 44.6 Å². The summed E-state index contributed by atoms with van der Waals surface area (Å²) in [7, 11) is 0. The van der Waals surface area contributed by atoms with Gasteiger partial charge in [0.1, 0.15) is 0 Å². The molecule has 0 atom stereocenters. The molecule has 0 aromatic heterocycles. The monoisotopic (exact) mass is 248 g/mol. The second kappa shape index (κ2) is 8.98. The van der Waals surface area contributed by atoms with Crippen molar-refractivity contribution in [2.75, 3.05) is 24.5 Å². The van der Waals surface area contributed by atoms with Gasteiger partial charge in [0, 0.05) is 18.8 Å². The first kappa shape index (κ1) is 15.0. The Morgan fingerprint density at radius 2 is 1.56 bits per heavy atom. The predicted molar refractivity (Wildman–Crippen MR) is 81.2 cm³/mol. The molecule has 18 heavy (non-hydrogen) atoms. The van der Waals surface area contributed by atoms with Gasteiger partial charge in [-0.3, -0.25) is 0 Å². The van der Waals surface area contributed by atoms with Crippen molar-refractivity contribution >= 4 is 5.69 Å². The Morgan fingerprint density at radius 1 is 0.944 bits per heavy atom. The van der Waals surface area contributed by atoms with Gasteiger partial charge in [0.05, 0.1) is 0 Å². The van der Waals surface area contributed by atoms with Gasteiger partial charge < -0.3 is 10.6 Å². The van der Waals surface area contributed by atoms with Crippen molar-refractivity contribution in [2.45, 2.75) is 46.0 Å². The van der Waals surface area contributed by atoms with Crippen LogP contribution in [0.3, 0.4) is 0 Å². The van der Waals surface area contributed by atoms with Crippen molar-refractivity contribution in [2.24, 2.45) is 5.73 Å². The number of rotatable bonds is 9. The molecule has 1 aromatic rings. The fourth-order valence-electron chi connectivity index (χ4n) is 2.20. The fourth-order valence-corrected chi connectivity index (χ4v) is 2.20. The summed E-state index contributed by atoms with van der Waals surface area (Å²) in [6, 6.07) is 8.85. The molecule has 1 rings (SSSR count). The highest BCUT2D eigenvalue weighted by molar-refractivity contribution is 5.47. The third-order valence-electron chi connectivity index (χ3n) is 3.41. The Bertz CT molecular complexity index is 305. The summed E-state index contributed by atoms with van der Waals surface area (Å²) < 4.78 is 0. The zero-order valence-electron chi connectivity index (χ0n) is 12.0. The third-order valence-corrected chi connectivity index (χ3v) is 3.41. The number of anilines is 1. The molecular formula is C16H28N2. The van der Waals surface area contributed by atoms with Crippen LogP contribution in [0.5, 0.6) is 0 Å². The largest absolute Gasteiger partial charge is 0.372 e. The summed E-state index contributed by atoms with van der Waals surface area (Å²) in [5.41, 5.74) is 8.18. The van der Waals surface area contributed by atoms with Crippen molar-refractivity contribution in [1.82, 2.24) is 0 Å². The summed E-state index contributed by atoms with van der Waals surface area (Å²) >= 11 is 0. The molecule has 2 heteroatoms. The molecule has 0 aliphatic carbocycles. The molecular weight excluding hydrogens is 220 g/mol. The lowest BCUT2D eigenvalue weighted by Crippen LogP contribution is -2.23. The second-order valence-electron chi connectivity index (χ2n) is 4.97. The van der Waals surface area contributed by atoms with E-state index in [0.717, 1.165) is 13.1 Å². The Kier molecular flexibility index (Phi) is 7.51. The normalized spacial score (nSPS) is 10.6. The molecule has 0 unspecified atom stereocenters. The SMILES string of the molecule is CCN(CCCCCCCN)c1ccc(C)cc1. The van der Waals surface area contributed by atoms with Crippen LogP contribution in [0.15, 0.2) is 24.3 Å². The summed E-state index contributed by atoms with van der Waals surface area (Å²) in [5.74, 6) is 0. The van der Waals surface area contributed by atoms with E-state index in [0.29, 0.717) is 0 Å². The molecule has 1 aromatic carbocycles. The Labute approximate surface area is 112 Å². The average Bonchev–Trinajstić information content (AvgIpc) is 2.39. The minimum atomic E-state index is 0.838. The lowest BCUT2D eigenvalue weighted by Gasteiger charge is -2.23. The molecule has 0 aliphatic rings. The lowest BCUT2D eigenvalue weighted by molar-refractivity contribution is 0.610. The Morgan fingerprint density at radius 3 is 2.17 bits per heavy atom. The van der Waals surface area contributed by atoms with E-state index in [4.69, 9.17) is 5.73 Å². The van der Waals surface area contributed by atoms with Crippen molar-refractivity contribution in [3.05, 3.63) is 29.8 Å². The molecule has 102 valence electrons. The van der Waals surface area contributed by atoms with E-state index < -0.39 is 0 Å². The molecule has 0 aliphatic heterocycles. The van der Waals surface area contributed by atoms with E-state index >= 15 is 0 Å². The molecule has 0 amide bonds. The molecule has 0 saturated carbocycles. The van der Waals surface area contributed by atoms with Gasteiger partial charge in [-0.25, -0.2) is 0 Å². The summed E-state index contributed by atoms with van der Waals surface area (Å²) in [6.45, 7) is 7.46.